The molecule has 0 aromatic heterocycles. The van der Waals surface area contributed by atoms with Crippen molar-refractivity contribution in [2.75, 3.05) is 6.54 Å². The van der Waals surface area contributed by atoms with E-state index in [-0.39, 0.29) is 6.42 Å². The summed E-state index contributed by atoms with van der Waals surface area (Å²) in [6.07, 6.45) is -2.57. The number of hydrogen-bond donors (Lipinski definition) is 0. The predicted molar refractivity (Wildman–Crippen MR) is 36.5 cm³/mol. The Morgan fingerprint density at radius 2 is 2.17 bits per heavy atom. The first kappa shape index (κ1) is 9.09. The highest BCUT2D eigenvalue weighted by Crippen LogP contribution is 2.19. The Kier molecular flexibility index (Phi) is 2.40. The summed E-state index contributed by atoms with van der Waals surface area (Å²) in [5.74, 6) is -1.41. The smallest absolute Gasteiger partial charge is 0.256 e. The number of likely N-dealkylation sites (tertiary alicyclic amines) is 1. The van der Waals surface area contributed by atoms with E-state index in [1.165, 1.54) is 0 Å². The van der Waals surface area contributed by atoms with Gasteiger partial charge in [0.1, 0.15) is 0 Å². The van der Waals surface area contributed by atoms with Crippen molar-refractivity contribution < 1.29 is 18.4 Å². The number of alkyl halides is 2. The number of halogens is 2. The second kappa shape index (κ2) is 3.16. The molecular weight excluding hydrogens is 168 g/mol. The van der Waals surface area contributed by atoms with Gasteiger partial charge in [0, 0.05) is 12.3 Å². The molecule has 0 aromatic carbocycles. The molecule has 12 heavy (non-hydrogen) atoms. The van der Waals surface area contributed by atoms with Crippen LogP contribution in [0.1, 0.15) is 13.3 Å². The Labute approximate surface area is 68.3 Å². The van der Waals surface area contributed by atoms with Gasteiger partial charge in [-0.25, -0.2) is 8.78 Å². The first-order valence-electron chi connectivity index (χ1n) is 3.64. The molecule has 1 fully saturated rings. The maximum atomic E-state index is 11.8. The maximum absolute atomic E-state index is 11.8. The molecule has 0 saturated carbocycles. The van der Waals surface area contributed by atoms with Crippen LogP contribution < -0.4 is 0 Å². The van der Waals surface area contributed by atoms with Crippen molar-refractivity contribution in [3.63, 3.8) is 0 Å². The molecule has 1 rings (SSSR count). The van der Waals surface area contributed by atoms with Crippen LogP contribution in [-0.4, -0.2) is 29.7 Å². The molecule has 0 aliphatic carbocycles. The van der Waals surface area contributed by atoms with Crippen LogP contribution >= 0.6 is 0 Å². The number of hydrogen-bond acceptors (Lipinski definition) is 2. The van der Waals surface area contributed by atoms with Gasteiger partial charge >= 0.3 is 0 Å². The third-order valence-corrected chi connectivity index (χ3v) is 1.79. The van der Waals surface area contributed by atoms with Gasteiger partial charge in [-0.05, 0) is 0 Å². The molecule has 5 heteroatoms. The maximum Gasteiger partial charge on any atom is 0.256 e. The molecule has 0 N–H and O–H groups in total. The lowest BCUT2D eigenvalue weighted by atomic mass is 10.1. The SMILES string of the molecule is CC1CC(=O)N(CC(F)F)C1=O. The highest BCUT2D eigenvalue weighted by Gasteiger charge is 2.36. The normalized spacial score (nSPS) is 24.3. The van der Waals surface area contributed by atoms with Crippen molar-refractivity contribution in [1.82, 2.24) is 4.90 Å². The summed E-state index contributed by atoms with van der Waals surface area (Å²) < 4.78 is 23.6. The fourth-order valence-corrected chi connectivity index (χ4v) is 1.18. The topological polar surface area (TPSA) is 37.4 Å². The monoisotopic (exact) mass is 177 g/mol. The van der Waals surface area contributed by atoms with E-state index in [9.17, 15) is 18.4 Å². The minimum Gasteiger partial charge on any atom is -0.277 e. The van der Waals surface area contributed by atoms with Gasteiger partial charge in [0.25, 0.3) is 6.43 Å². The van der Waals surface area contributed by atoms with E-state index in [2.05, 4.69) is 0 Å². The fraction of sp³-hybridized carbons (Fsp3) is 0.714. The summed E-state index contributed by atoms with van der Waals surface area (Å²) in [6, 6.07) is 0. The number of carbonyl (C=O) groups excluding carboxylic acids is 2. The largest absolute Gasteiger partial charge is 0.277 e. The van der Waals surface area contributed by atoms with Crippen molar-refractivity contribution in [3.8, 4) is 0 Å². The number of carbonyl (C=O) groups is 2. The summed E-state index contributed by atoms with van der Waals surface area (Å²) in [4.78, 5) is 22.6. The zero-order valence-electron chi connectivity index (χ0n) is 6.59. The van der Waals surface area contributed by atoms with Crippen LogP contribution in [0.15, 0.2) is 0 Å². The summed E-state index contributed by atoms with van der Waals surface area (Å²) >= 11 is 0. The Morgan fingerprint density at radius 1 is 1.58 bits per heavy atom. The highest BCUT2D eigenvalue weighted by atomic mass is 19.3. The zero-order chi connectivity index (χ0) is 9.30. The average molecular weight is 177 g/mol. The lowest BCUT2D eigenvalue weighted by Gasteiger charge is -2.12. The predicted octanol–water partition coefficient (Wildman–Crippen LogP) is 0.647. The van der Waals surface area contributed by atoms with Crippen LogP contribution in [0.4, 0.5) is 8.78 Å². The Hall–Kier alpha value is -1.00. The number of nitrogens with zero attached hydrogens (tertiary/aromatic N) is 1. The van der Waals surface area contributed by atoms with E-state index in [0.717, 1.165) is 0 Å². The van der Waals surface area contributed by atoms with Crippen LogP contribution in [0.2, 0.25) is 0 Å². The lowest BCUT2D eigenvalue weighted by Crippen LogP contribution is -2.34. The van der Waals surface area contributed by atoms with E-state index in [0.29, 0.717) is 4.90 Å². The first-order valence-corrected chi connectivity index (χ1v) is 3.64. The van der Waals surface area contributed by atoms with Crippen LogP contribution in [0.3, 0.4) is 0 Å². The summed E-state index contributed by atoms with van der Waals surface area (Å²) in [7, 11) is 0. The first-order chi connectivity index (χ1) is 5.52. The van der Waals surface area contributed by atoms with Crippen molar-refractivity contribution in [2.24, 2.45) is 5.92 Å². The van der Waals surface area contributed by atoms with E-state index >= 15 is 0 Å². The van der Waals surface area contributed by atoms with Crippen LogP contribution in [0, 0.1) is 5.92 Å². The molecule has 0 radical (unpaired) electrons. The van der Waals surface area contributed by atoms with E-state index in [1.54, 1.807) is 6.92 Å². The van der Waals surface area contributed by atoms with Crippen LogP contribution in [-0.2, 0) is 9.59 Å². The van der Waals surface area contributed by atoms with E-state index < -0.39 is 30.7 Å². The third-order valence-electron chi connectivity index (χ3n) is 1.79. The lowest BCUT2D eigenvalue weighted by molar-refractivity contribution is -0.141. The molecular formula is C7H9F2NO2. The minimum absolute atomic E-state index is 0.0611. The van der Waals surface area contributed by atoms with E-state index in [1.807, 2.05) is 0 Å². The molecule has 1 aliphatic rings. The highest BCUT2D eigenvalue weighted by molar-refractivity contribution is 6.03. The standard InChI is InChI=1S/C7H9F2NO2/c1-4-2-6(11)10(7(4)12)3-5(8)9/h4-5H,2-3H2,1H3. The molecule has 68 valence electrons. The molecule has 1 aliphatic heterocycles. The number of amides is 2. The summed E-state index contributed by atoms with van der Waals surface area (Å²) in [5, 5.41) is 0. The van der Waals surface area contributed by atoms with Gasteiger partial charge in [0.2, 0.25) is 11.8 Å². The molecule has 3 nitrogen and oxygen atoms in total. The van der Waals surface area contributed by atoms with Gasteiger partial charge in [-0.1, -0.05) is 6.92 Å². The Bertz CT molecular complexity index is 217. The van der Waals surface area contributed by atoms with Crippen molar-refractivity contribution in [1.29, 1.82) is 0 Å². The molecule has 2 amide bonds. The van der Waals surface area contributed by atoms with Gasteiger partial charge in [-0.2, -0.15) is 0 Å². The second-order valence-corrected chi connectivity index (χ2v) is 2.84. The van der Waals surface area contributed by atoms with Crippen LogP contribution in [0.5, 0.6) is 0 Å². The van der Waals surface area contributed by atoms with Crippen molar-refractivity contribution >= 4 is 11.8 Å². The third kappa shape index (κ3) is 1.60. The molecule has 1 atom stereocenters. The van der Waals surface area contributed by atoms with Crippen molar-refractivity contribution in [3.05, 3.63) is 0 Å². The quantitative estimate of drug-likeness (QED) is 0.580. The molecule has 0 bridgehead atoms. The van der Waals surface area contributed by atoms with Gasteiger partial charge in [0.05, 0.1) is 6.54 Å². The Balaban J connectivity index is 2.64. The molecule has 0 aromatic rings. The van der Waals surface area contributed by atoms with Crippen molar-refractivity contribution in [2.45, 2.75) is 19.8 Å². The van der Waals surface area contributed by atoms with Crippen LogP contribution in [0.25, 0.3) is 0 Å². The van der Waals surface area contributed by atoms with Gasteiger partial charge in [0.15, 0.2) is 0 Å². The zero-order valence-corrected chi connectivity index (χ0v) is 6.59. The molecule has 1 unspecified atom stereocenters. The van der Waals surface area contributed by atoms with Gasteiger partial charge in [-0.3, -0.25) is 14.5 Å². The van der Waals surface area contributed by atoms with E-state index in [4.69, 9.17) is 0 Å². The van der Waals surface area contributed by atoms with Gasteiger partial charge in [-0.15, -0.1) is 0 Å². The summed E-state index contributed by atoms with van der Waals surface area (Å²) in [5.41, 5.74) is 0. The van der Waals surface area contributed by atoms with Gasteiger partial charge < -0.3 is 0 Å². The fourth-order valence-electron chi connectivity index (χ4n) is 1.18. The molecule has 1 saturated heterocycles. The average Bonchev–Trinajstić information content (AvgIpc) is 2.16. The summed E-state index contributed by atoms with van der Waals surface area (Å²) in [6.45, 7) is 0.799. The molecule has 1 heterocycles. The minimum atomic E-state index is -2.64. The second-order valence-electron chi connectivity index (χ2n) is 2.84. The Morgan fingerprint density at radius 3 is 2.50 bits per heavy atom. The molecule has 0 spiro atoms. The number of rotatable bonds is 2. The number of imide groups is 1.